The predicted octanol–water partition coefficient (Wildman–Crippen LogP) is 2.13. The van der Waals surface area contributed by atoms with Gasteiger partial charge >= 0.3 is 0 Å². The van der Waals surface area contributed by atoms with Crippen molar-refractivity contribution in [1.29, 1.82) is 0 Å². The molecule has 1 saturated heterocycles. The second kappa shape index (κ2) is 6.07. The van der Waals surface area contributed by atoms with Crippen LogP contribution < -0.4 is 15.2 Å². The first kappa shape index (κ1) is 13.2. The van der Waals surface area contributed by atoms with E-state index >= 15 is 0 Å². The molecule has 18 heavy (non-hydrogen) atoms. The maximum Gasteiger partial charge on any atom is 0.127 e. The smallest absolute Gasteiger partial charge is 0.127 e. The maximum atomic E-state index is 5.94. The number of rotatable bonds is 5. The summed E-state index contributed by atoms with van der Waals surface area (Å²) in [4.78, 5) is 0. The van der Waals surface area contributed by atoms with Crippen LogP contribution in [0.15, 0.2) is 18.2 Å². The topological polar surface area (TPSA) is 53.7 Å². The largest absolute Gasteiger partial charge is 0.497 e. The van der Waals surface area contributed by atoms with Crippen LogP contribution in [-0.2, 0) is 4.74 Å². The first-order valence-corrected chi connectivity index (χ1v) is 6.34. The molecule has 1 aromatic carbocycles. The van der Waals surface area contributed by atoms with E-state index in [-0.39, 0.29) is 6.04 Å². The van der Waals surface area contributed by atoms with Gasteiger partial charge in [0, 0.05) is 30.2 Å². The summed E-state index contributed by atoms with van der Waals surface area (Å²) in [6.45, 7) is 4.25. The van der Waals surface area contributed by atoms with E-state index in [0.29, 0.717) is 12.5 Å². The molecule has 1 aliphatic rings. The highest BCUT2D eigenvalue weighted by molar-refractivity contribution is 5.42. The molecule has 1 unspecified atom stereocenters. The lowest BCUT2D eigenvalue weighted by molar-refractivity contribution is 0.166. The number of methoxy groups -OCH3 is 1. The number of ether oxygens (including phenoxy) is 3. The maximum absolute atomic E-state index is 5.94. The third-order valence-electron chi connectivity index (χ3n) is 3.21. The molecule has 0 amide bonds. The highest BCUT2D eigenvalue weighted by atomic mass is 16.5. The SMILES string of the molecule is COc1ccc([C@H](C)N)c(OCC2CCOC2)c1. The van der Waals surface area contributed by atoms with E-state index in [1.54, 1.807) is 7.11 Å². The molecule has 0 bridgehead atoms. The first-order chi connectivity index (χ1) is 8.70. The van der Waals surface area contributed by atoms with Crippen LogP contribution in [0.3, 0.4) is 0 Å². The van der Waals surface area contributed by atoms with E-state index in [1.807, 2.05) is 25.1 Å². The Balaban J connectivity index is 2.07. The summed E-state index contributed by atoms with van der Waals surface area (Å²) in [5.41, 5.74) is 6.95. The molecule has 4 heteroatoms. The third kappa shape index (κ3) is 3.15. The average Bonchev–Trinajstić information content (AvgIpc) is 2.88. The molecule has 1 heterocycles. The van der Waals surface area contributed by atoms with Crippen LogP contribution in [-0.4, -0.2) is 26.9 Å². The van der Waals surface area contributed by atoms with Gasteiger partial charge in [-0.1, -0.05) is 6.07 Å². The van der Waals surface area contributed by atoms with Gasteiger partial charge in [-0.15, -0.1) is 0 Å². The van der Waals surface area contributed by atoms with Crippen molar-refractivity contribution in [3.63, 3.8) is 0 Å². The van der Waals surface area contributed by atoms with E-state index in [1.165, 1.54) is 0 Å². The second-order valence-electron chi connectivity index (χ2n) is 4.73. The normalized spacial score (nSPS) is 20.7. The number of nitrogens with two attached hydrogens (primary N) is 1. The van der Waals surface area contributed by atoms with Crippen molar-refractivity contribution < 1.29 is 14.2 Å². The summed E-state index contributed by atoms with van der Waals surface area (Å²) in [5.74, 6) is 2.09. The molecule has 100 valence electrons. The molecule has 0 aromatic heterocycles. The summed E-state index contributed by atoms with van der Waals surface area (Å²) in [6, 6.07) is 5.72. The van der Waals surface area contributed by atoms with Gasteiger partial charge in [0.15, 0.2) is 0 Å². The Kier molecular flexibility index (Phi) is 4.44. The molecular weight excluding hydrogens is 230 g/mol. The minimum absolute atomic E-state index is 0.0502. The molecule has 4 nitrogen and oxygen atoms in total. The van der Waals surface area contributed by atoms with E-state index in [4.69, 9.17) is 19.9 Å². The van der Waals surface area contributed by atoms with Crippen LogP contribution in [0.5, 0.6) is 11.5 Å². The molecular formula is C14H21NO3. The van der Waals surface area contributed by atoms with Crippen LogP contribution in [0.25, 0.3) is 0 Å². The van der Waals surface area contributed by atoms with Gasteiger partial charge in [0.1, 0.15) is 11.5 Å². The highest BCUT2D eigenvalue weighted by Gasteiger charge is 2.17. The standard InChI is InChI=1S/C14H21NO3/c1-10(15)13-4-3-12(16-2)7-14(13)18-9-11-5-6-17-8-11/h3-4,7,10-11H,5-6,8-9,15H2,1-2H3/t10-,11?/m0/s1. The van der Waals surface area contributed by atoms with Gasteiger partial charge in [-0.3, -0.25) is 0 Å². The van der Waals surface area contributed by atoms with Crippen molar-refractivity contribution in [1.82, 2.24) is 0 Å². The van der Waals surface area contributed by atoms with Crippen molar-refractivity contribution in [3.05, 3.63) is 23.8 Å². The van der Waals surface area contributed by atoms with Crippen molar-refractivity contribution in [2.45, 2.75) is 19.4 Å². The van der Waals surface area contributed by atoms with E-state index in [0.717, 1.165) is 36.7 Å². The minimum atomic E-state index is -0.0502. The van der Waals surface area contributed by atoms with E-state index in [2.05, 4.69) is 0 Å². The van der Waals surface area contributed by atoms with Gasteiger partial charge in [-0.2, -0.15) is 0 Å². The lowest BCUT2D eigenvalue weighted by atomic mass is 10.1. The molecule has 0 radical (unpaired) electrons. The van der Waals surface area contributed by atoms with Gasteiger partial charge in [0.2, 0.25) is 0 Å². The Bertz CT molecular complexity index is 387. The monoisotopic (exact) mass is 251 g/mol. The summed E-state index contributed by atoms with van der Waals surface area (Å²) in [7, 11) is 1.65. The summed E-state index contributed by atoms with van der Waals surface area (Å²) in [6.07, 6.45) is 1.07. The van der Waals surface area contributed by atoms with Crippen LogP contribution in [0.1, 0.15) is 24.9 Å². The van der Waals surface area contributed by atoms with Crippen LogP contribution in [0, 0.1) is 5.92 Å². The Morgan fingerprint density at radius 3 is 2.94 bits per heavy atom. The molecule has 2 rings (SSSR count). The van der Waals surface area contributed by atoms with Gasteiger partial charge in [-0.25, -0.2) is 0 Å². The molecule has 0 spiro atoms. The summed E-state index contributed by atoms with van der Waals surface area (Å²) in [5, 5.41) is 0. The lowest BCUT2D eigenvalue weighted by Gasteiger charge is -2.17. The molecule has 1 aromatic rings. The highest BCUT2D eigenvalue weighted by Crippen LogP contribution is 2.29. The lowest BCUT2D eigenvalue weighted by Crippen LogP contribution is -2.14. The number of hydrogen-bond acceptors (Lipinski definition) is 4. The summed E-state index contributed by atoms with van der Waals surface area (Å²) < 4.78 is 16.4. The summed E-state index contributed by atoms with van der Waals surface area (Å²) >= 11 is 0. The van der Waals surface area contributed by atoms with Gasteiger partial charge in [0.25, 0.3) is 0 Å². The van der Waals surface area contributed by atoms with Crippen molar-refractivity contribution in [2.75, 3.05) is 26.9 Å². The Labute approximate surface area is 108 Å². The fourth-order valence-corrected chi connectivity index (χ4v) is 2.07. The average molecular weight is 251 g/mol. The molecule has 0 aliphatic carbocycles. The van der Waals surface area contributed by atoms with E-state index in [9.17, 15) is 0 Å². The van der Waals surface area contributed by atoms with Gasteiger partial charge in [0.05, 0.1) is 20.3 Å². The zero-order valence-electron chi connectivity index (χ0n) is 11.0. The number of hydrogen-bond donors (Lipinski definition) is 1. The van der Waals surface area contributed by atoms with Crippen molar-refractivity contribution in [3.8, 4) is 11.5 Å². The molecule has 1 aliphatic heterocycles. The van der Waals surface area contributed by atoms with Crippen molar-refractivity contribution in [2.24, 2.45) is 11.7 Å². The zero-order valence-corrected chi connectivity index (χ0v) is 11.0. The fourth-order valence-electron chi connectivity index (χ4n) is 2.07. The van der Waals surface area contributed by atoms with Crippen molar-refractivity contribution >= 4 is 0 Å². The van der Waals surface area contributed by atoms with Crippen LogP contribution in [0.2, 0.25) is 0 Å². The first-order valence-electron chi connectivity index (χ1n) is 6.34. The molecule has 2 atom stereocenters. The Morgan fingerprint density at radius 1 is 1.50 bits per heavy atom. The predicted molar refractivity (Wildman–Crippen MR) is 70.0 cm³/mol. The molecule has 0 saturated carbocycles. The zero-order chi connectivity index (χ0) is 13.0. The molecule has 2 N–H and O–H groups in total. The second-order valence-corrected chi connectivity index (χ2v) is 4.73. The minimum Gasteiger partial charge on any atom is -0.497 e. The van der Waals surface area contributed by atoms with Crippen LogP contribution in [0.4, 0.5) is 0 Å². The van der Waals surface area contributed by atoms with Gasteiger partial charge < -0.3 is 19.9 Å². The Morgan fingerprint density at radius 2 is 2.33 bits per heavy atom. The Hall–Kier alpha value is -1.26. The molecule has 1 fully saturated rings. The quantitative estimate of drug-likeness (QED) is 0.871. The van der Waals surface area contributed by atoms with Gasteiger partial charge in [-0.05, 0) is 19.4 Å². The third-order valence-corrected chi connectivity index (χ3v) is 3.21. The number of benzene rings is 1. The van der Waals surface area contributed by atoms with E-state index < -0.39 is 0 Å². The van der Waals surface area contributed by atoms with Crippen LogP contribution >= 0.6 is 0 Å². The fraction of sp³-hybridized carbons (Fsp3) is 0.571.